The lowest BCUT2D eigenvalue weighted by molar-refractivity contribution is 0.00785. The molecule has 2 aromatic heterocycles. The Morgan fingerprint density at radius 3 is 2.61 bits per heavy atom. The standard InChI is InChI=1S/C22H19F2N5O2/c23-14-2-1-3-15(24)21(14)12-4-5-16-13(8-12)22(28-27-16)17-9-25-10-20(26-17)29-7-6-18(30)19(31)11-29/h1-5,8-10,18-19,30-31H,6-7,11H2,(H,27,28)/t18-,19+/m0/s1. The third-order valence-corrected chi connectivity index (χ3v) is 5.55. The molecular formula is C22H19F2N5O2. The highest BCUT2D eigenvalue weighted by Crippen LogP contribution is 2.32. The molecule has 0 bridgehead atoms. The van der Waals surface area contributed by atoms with Gasteiger partial charge >= 0.3 is 0 Å². The van der Waals surface area contributed by atoms with Crippen molar-refractivity contribution in [1.29, 1.82) is 0 Å². The summed E-state index contributed by atoms with van der Waals surface area (Å²) in [7, 11) is 0. The van der Waals surface area contributed by atoms with Gasteiger partial charge in [0.25, 0.3) is 0 Å². The number of halogens is 2. The molecule has 1 saturated heterocycles. The van der Waals surface area contributed by atoms with Crippen molar-refractivity contribution in [1.82, 2.24) is 20.2 Å². The van der Waals surface area contributed by atoms with Gasteiger partial charge in [0.1, 0.15) is 28.8 Å². The molecule has 2 aromatic carbocycles. The van der Waals surface area contributed by atoms with Gasteiger partial charge in [-0.3, -0.25) is 10.1 Å². The predicted molar refractivity (Wildman–Crippen MR) is 111 cm³/mol. The SMILES string of the molecule is O[C@@H]1CN(c2cncc(-c3n[nH]c4ccc(-c5c(F)cccc5F)cc34)n2)CC[C@@H]1O. The molecule has 0 radical (unpaired) electrons. The number of aromatic amines is 1. The smallest absolute Gasteiger partial charge is 0.147 e. The number of anilines is 1. The van der Waals surface area contributed by atoms with Gasteiger partial charge in [0, 0.05) is 18.5 Å². The third kappa shape index (κ3) is 3.51. The van der Waals surface area contributed by atoms with Crippen molar-refractivity contribution < 1.29 is 19.0 Å². The van der Waals surface area contributed by atoms with Crippen LogP contribution in [0.15, 0.2) is 48.8 Å². The van der Waals surface area contributed by atoms with Crippen LogP contribution in [0.2, 0.25) is 0 Å². The number of hydrogen-bond acceptors (Lipinski definition) is 6. The number of nitrogens with zero attached hydrogens (tertiary/aromatic N) is 4. The topological polar surface area (TPSA) is 98.2 Å². The highest BCUT2D eigenvalue weighted by atomic mass is 19.1. The first-order chi connectivity index (χ1) is 15.0. The molecular weight excluding hydrogens is 404 g/mol. The summed E-state index contributed by atoms with van der Waals surface area (Å²) in [6.45, 7) is 0.783. The minimum Gasteiger partial charge on any atom is -0.390 e. The number of aliphatic hydroxyl groups is 2. The van der Waals surface area contributed by atoms with Crippen LogP contribution in [0.1, 0.15) is 6.42 Å². The Morgan fingerprint density at radius 1 is 1.03 bits per heavy atom. The van der Waals surface area contributed by atoms with E-state index in [0.717, 1.165) is 0 Å². The number of aromatic nitrogens is 4. The molecule has 7 nitrogen and oxygen atoms in total. The maximum Gasteiger partial charge on any atom is 0.147 e. The van der Waals surface area contributed by atoms with Crippen molar-refractivity contribution >= 4 is 16.7 Å². The number of piperidine rings is 1. The minimum atomic E-state index is -0.858. The highest BCUT2D eigenvalue weighted by molar-refractivity contribution is 5.95. The van der Waals surface area contributed by atoms with Gasteiger partial charge in [0.15, 0.2) is 0 Å². The lowest BCUT2D eigenvalue weighted by Crippen LogP contribution is -2.47. The summed E-state index contributed by atoms with van der Waals surface area (Å²) in [5.74, 6) is -0.732. The van der Waals surface area contributed by atoms with Crippen molar-refractivity contribution in [2.24, 2.45) is 0 Å². The van der Waals surface area contributed by atoms with Gasteiger partial charge in [0.2, 0.25) is 0 Å². The Morgan fingerprint density at radius 2 is 1.84 bits per heavy atom. The molecule has 158 valence electrons. The van der Waals surface area contributed by atoms with E-state index in [1.165, 1.54) is 18.2 Å². The summed E-state index contributed by atoms with van der Waals surface area (Å²) in [6, 6.07) is 8.79. The van der Waals surface area contributed by atoms with Crippen LogP contribution in [0.5, 0.6) is 0 Å². The lowest BCUT2D eigenvalue weighted by Gasteiger charge is -2.34. The summed E-state index contributed by atoms with van der Waals surface area (Å²) in [6.07, 6.45) is 1.97. The fraction of sp³-hybridized carbons (Fsp3) is 0.227. The van der Waals surface area contributed by atoms with Gasteiger partial charge in [-0.05, 0) is 36.2 Å². The molecule has 0 spiro atoms. The molecule has 0 amide bonds. The van der Waals surface area contributed by atoms with E-state index in [-0.39, 0.29) is 12.1 Å². The number of hydrogen-bond donors (Lipinski definition) is 3. The van der Waals surface area contributed by atoms with Crippen LogP contribution in [0.25, 0.3) is 33.4 Å². The monoisotopic (exact) mass is 423 g/mol. The first-order valence-electron chi connectivity index (χ1n) is 9.87. The second-order valence-corrected chi connectivity index (χ2v) is 7.56. The van der Waals surface area contributed by atoms with E-state index in [0.29, 0.717) is 46.6 Å². The molecule has 2 atom stereocenters. The second kappa shape index (κ2) is 7.68. The van der Waals surface area contributed by atoms with Crippen LogP contribution in [0.3, 0.4) is 0 Å². The summed E-state index contributed by atoms with van der Waals surface area (Å²) in [4.78, 5) is 10.7. The largest absolute Gasteiger partial charge is 0.390 e. The highest BCUT2D eigenvalue weighted by Gasteiger charge is 2.27. The summed E-state index contributed by atoms with van der Waals surface area (Å²) >= 11 is 0. The summed E-state index contributed by atoms with van der Waals surface area (Å²) in [5, 5.41) is 27.6. The number of fused-ring (bicyclic) bond motifs is 1. The van der Waals surface area contributed by atoms with E-state index >= 15 is 0 Å². The van der Waals surface area contributed by atoms with Gasteiger partial charge in [0.05, 0.1) is 35.7 Å². The molecule has 0 aliphatic carbocycles. The van der Waals surface area contributed by atoms with Crippen LogP contribution in [-0.2, 0) is 0 Å². The van der Waals surface area contributed by atoms with Gasteiger partial charge in [-0.2, -0.15) is 5.10 Å². The molecule has 3 heterocycles. The average molecular weight is 423 g/mol. The number of aliphatic hydroxyl groups excluding tert-OH is 2. The Kier molecular flexibility index (Phi) is 4.84. The Hall–Kier alpha value is -3.43. The molecule has 0 saturated carbocycles. The van der Waals surface area contributed by atoms with Gasteiger partial charge in [-0.25, -0.2) is 13.8 Å². The number of nitrogens with one attached hydrogen (secondary N) is 1. The van der Waals surface area contributed by atoms with E-state index < -0.39 is 23.8 Å². The lowest BCUT2D eigenvalue weighted by atomic mass is 10.0. The quantitative estimate of drug-likeness (QED) is 0.469. The average Bonchev–Trinajstić information content (AvgIpc) is 3.19. The van der Waals surface area contributed by atoms with Crippen molar-refractivity contribution in [2.75, 3.05) is 18.0 Å². The predicted octanol–water partition coefficient (Wildman–Crippen LogP) is 2.90. The fourth-order valence-electron chi connectivity index (χ4n) is 3.89. The van der Waals surface area contributed by atoms with E-state index in [2.05, 4.69) is 20.2 Å². The van der Waals surface area contributed by atoms with Crippen LogP contribution in [0.4, 0.5) is 14.6 Å². The minimum absolute atomic E-state index is 0.0998. The Labute approximate surface area is 176 Å². The van der Waals surface area contributed by atoms with Crippen LogP contribution >= 0.6 is 0 Å². The first-order valence-corrected chi connectivity index (χ1v) is 9.87. The molecule has 9 heteroatoms. The maximum atomic E-state index is 14.3. The molecule has 5 rings (SSSR count). The van der Waals surface area contributed by atoms with E-state index in [4.69, 9.17) is 0 Å². The Balaban J connectivity index is 1.55. The summed E-state index contributed by atoms with van der Waals surface area (Å²) in [5.41, 5.74) is 1.97. The number of benzene rings is 2. The Bertz CT molecular complexity index is 1240. The van der Waals surface area contributed by atoms with E-state index in [1.54, 1.807) is 30.6 Å². The molecule has 1 fully saturated rings. The maximum absolute atomic E-state index is 14.3. The van der Waals surface area contributed by atoms with Crippen molar-refractivity contribution in [2.45, 2.75) is 18.6 Å². The van der Waals surface area contributed by atoms with E-state index in [1.807, 2.05) is 4.90 Å². The number of H-pyrrole nitrogens is 1. The molecule has 1 aliphatic heterocycles. The van der Waals surface area contributed by atoms with Crippen LogP contribution in [-0.4, -0.2) is 55.7 Å². The van der Waals surface area contributed by atoms with Gasteiger partial charge in [-0.15, -0.1) is 0 Å². The van der Waals surface area contributed by atoms with Crippen LogP contribution < -0.4 is 4.90 Å². The molecule has 3 N–H and O–H groups in total. The fourth-order valence-corrected chi connectivity index (χ4v) is 3.89. The third-order valence-electron chi connectivity index (χ3n) is 5.55. The van der Waals surface area contributed by atoms with Gasteiger partial charge < -0.3 is 15.1 Å². The number of rotatable bonds is 3. The van der Waals surface area contributed by atoms with Crippen molar-refractivity contribution in [3.63, 3.8) is 0 Å². The second-order valence-electron chi connectivity index (χ2n) is 7.56. The van der Waals surface area contributed by atoms with Crippen molar-refractivity contribution in [3.05, 3.63) is 60.4 Å². The molecule has 0 unspecified atom stereocenters. The van der Waals surface area contributed by atoms with Gasteiger partial charge in [-0.1, -0.05) is 12.1 Å². The van der Waals surface area contributed by atoms with Crippen molar-refractivity contribution in [3.8, 4) is 22.5 Å². The zero-order valence-electron chi connectivity index (χ0n) is 16.3. The molecule has 31 heavy (non-hydrogen) atoms. The molecule has 1 aliphatic rings. The normalized spacial score (nSPS) is 19.2. The zero-order chi connectivity index (χ0) is 21.5. The summed E-state index contributed by atoms with van der Waals surface area (Å²) < 4.78 is 28.5. The zero-order valence-corrected chi connectivity index (χ0v) is 16.3. The first kappa shape index (κ1) is 19.5. The van der Waals surface area contributed by atoms with Crippen LogP contribution in [0, 0.1) is 11.6 Å². The number of β-amino-alcohol motifs (C(OH)–C–C–N with tert-alkyl or cyclic N) is 1. The molecule has 4 aromatic rings. The van der Waals surface area contributed by atoms with E-state index in [9.17, 15) is 19.0 Å².